The van der Waals surface area contributed by atoms with Gasteiger partial charge in [0.15, 0.2) is 11.6 Å². The lowest BCUT2D eigenvalue weighted by Gasteiger charge is -2.17. The van der Waals surface area contributed by atoms with Crippen LogP contribution in [0, 0.1) is 0 Å². The normalized spacial score (nSPS) is 13.7. The topological polar surface area (TPSA) is 166 Å². The number of hydrogen-bond donors (Lipinski definition) is 3. The number of carbonyl (C=O) groups excluding carboxylic acids is 6. The number of azo groups is 1. The maximum atomic E-state index is 13.1. The first-order valence-electron chi connectivity index (χ1n) is 15.1. The van der Waals surface area contributed by atoms with E-state index in [1.807, 2.05) is 10.6 Å². The highest BCUT2D eigenvalue weighted by Gasteiger charge is 2.34. The maximum Gasteiger partial charge on any atom is 0.328 e. The Morgan fingerprint density at radius 1 is 0.773 bits per heavy atom. The van der Waals surface area contributed by atoms with Crippen molar-refractivity contribution in [1.29, 1.82) is 0 Å². The third-order valence-corrected chi connectivity index (χ3v) is 7.25. The van der Waals surface area contributed by atoms with Gasteiger partial charge in [0.2, 0.25) is 6.04 Å². The van der Waals surface area contributed by atoms with Crippen molar-refractivity contribution in [3.8, 4) is 0 Å². The van der Waals surface area contributed by atoms with E-state index in [2.05, 4.69) is 41.2 Å². The van der Waals surface area contributed by atoms with Gasteiger partial charge in [0.1, 0.15) is 0 Å². The summed E-state index contributed by atoms with van der Waals surface area (Å²) in [5.41, 5.74) is 1.66. The van der Waals surface area contributed by atoms with Crippen molar-refractivity contribution in [3.05, 3.63) is 59.2 Å². The van der Waals surface area contributed by atoms with E-state index in [-0.39, 0.29) is 22.8 Å². The van der Waals surface area contributed by atoms with Crippen LogP contribution in [-0.2, 0) is 9.59 Å². The molecule has 234 valence electrons. The Morgan fingerprint density at radius 3 is 1.89 bits per heavy atom. The van der Waals surface area contributed by atoms with E-state index in [9.17, 15) is 28.8 Å². The molecule has 12 nitrogen and oxygen atoms in total. The van der Waals surface area contributed by atoms with E-state index < -0.39 is 29.8 Å². The van der Waals surface area contributed by atoms with Crippen LogP contribution in [0.15, 0.2) is 52.7 Å². The Morgan fingerprint density at radius 2 is 1.34 bits per heavy atom. The second kappa shape index (κ2) is 16.9. The third kappa shape index (κ3) is 10.0. The lowest BCUT2D eigenvalue weighted by Crippen LogP contribution is -2.57. The summed E-state index contributed by atoms with van der Waals surface area (Å²) in [5, 5.41) is 14.2. The molecular weight excluding hydrogens is 564 g/mol. The van der Waals surface area contributed by atoms with Crippen LogP contribution in [0.3, 0.4) is 0 Å². The van der Waals surface area contributed by atoms with Crippen molar-refractivity contribution in [2.75, 3.05) is 25.0 Å². The van der Waals surface area contributed by atoms with E-state index >= 15 is 0 Å². The zero-order chi connectivity index (χ0) is 32.1. The fourth-order valence-corrected chi connectivity index (χ4v) is 4.63. The van der Waals surface area contributed by atoms with Crippen molar-refractivity contribution in [3.63, 3.8) is 0 Å². The summed E-state index contributed by atoms with van der Waals surface area (Å²) in [6.07, 6.45) is 4.98. The van der Waals surface area contributed by atoms with Crippen molar-refractivity contribution >= 4 is 46.7 Å². The van der Waals surface area contributed by atoms with Crippen LogP contribution in [0.25, 0.3) is 0 Å². The van der Waals surface area contributed by atoms with E-state index in [0.29, 0.717) is 29.7 Å². The molecular formula is C32H40N6O6. The first kappa shape index (κ1) is 33.9. The quantitative estimate of drug-likeness (QED) is 0.0964. The molecule has 0 spiro atoms. The van der Waals surface area contributed by atoms with Crippen LogP contribution < -0.4 is 16.0 Å². The number of barbiturate groups is 1. The number of hydrogen-bond acceptors (Lipinski definition) is 9. The molecule has 2 aromatic rings. The first-order valence-corrected chi connectivity index (χ1v) is 15.1. The Hall–Kier alpha value is -4.58. The zero-order valence-electron chi connectivity index (χ0n) is 25.5. The summed E-state index contributed by atoms with van der Waals surface area (Å²) in [6.45, 7) is 9.12. The number of nitrogens with zero attached hydrogens (tertiary/aromatic N) is 3. The maximum absolute atomic E-state index is 13.1. The Balaban J connectivity index is 1.71. The second-order valence-electron chi connectivity index (χ2n) is 10.5. The van der Waals surface area contributed by atoms with Gasteiger partial charge in [-0.15, -0.1) is 0 Å². The average Bonchev–Trinajstić information content (AvgIpc) is 3.00. The fraction of sp³-hybridized carbons (Fsp3) is 0.438. The molecule has 1 fully saturated rings. The lowest BCUT2D eigenvalue weighted by atomic mass is 9.98. The number of urea groups is 1. The summed E-state index contributed by atoms with van der Waals surface area (Å²) < 4.78 is 0. The molecule has 2 aromatic carbocycles. The molecule has 0 saturated carbocycles. The van der Waals surface area contributed by atoms with Crippen LogP contribution in [-0.4, -0.2) is 65.9 Å². The van der Waals surface area contributed by atoms with Crippen molar-refractivity contribution in [2.24, 2.45) is 10.2 Å². The van der Waals surface area contributed by atoms with Gasteiger partial charge in [0, 0.05) is 35.2 Å². The molecule has 1 aliphatic heterocycles. The van der Waals surface area contributed by atoms with Gasteiger partial charge in [-0.3, -0.25) is 34.6 Å². The average molecular weight is 605 g/mol. The number of benzene rings is 2. The highest BCUT2D eigenvalue weighted by molar-refractivity contribution is 6.19. The molecule has 1 saturated heterocycles. The number of Topliss-reactive ketones (excluding diaryl/α,β-unsaturated/α-hetero) is 2. The number of amides is 5. The Labute approximate surface area is 257 Å². The van der Waals surface area contributed by atoms with Gasteiger partial charge in [0.25, 0.3) is 17.7 Å². The minimum atomic E-state index is -1.51. The van der Waals surface area contributed by atoms with Gasteiger partial charge < -0.3 is 10.2 Å². The summed E-state index contributed by atoms with van der Waals surface area (Å²) >= 11 is 0. The molecule has 12 heteroatoms. The number of nitrogens with one attached hydrogen (secondary N) is 3. The van der Waals surface area contributed by atoms with Crippen LogP contribution >= 0.6 is 0 Å². The largest absolute Gasteiger partial charge is 0.328 e. The molecule has 5 amide bonds. The number of carbonyl (C=O) groups is 6. The van der Waals surface area contributed by atoms with Crippen LogP contribution in [0.1, 0.15) is 96.8 Å². The number of imide groups is 2. The predicted molar refractivity (Wildman–Crippen MR) is 165 cm³/mol. The van der Waals surface area contributed by atoms with Gasteiger partial charge in [-0.1, -0.05) is 33.6 Å². The van der Waals surface area contributed by atoms with Crippen molar-refractivity contribution in [2.45, 2.75) is 71.8 Å². The standard InChI is InChI=1S/C32H40N6O6/c1-4-7-8-11-26(39)22-18-23(27(40)12-9-10-17-38(5-2)6-3)20-25(19-22)33-29(41)21-13-15-24(16-14-21)36-37-28-30(42)34-32(44)35-31(28)43/h13-16,18-20,28H,4-12,17H2,1-3H3,(H,33,41)(H2,34,35,42,43,44). The third-order valence-electron chi connectivity index (χ3n) is 7.25. The van der Waals surface area contributed by atoms with Gasteiger partial charge in [-0.05, 0) is 81.4 Å². The summed E-state index contributed by atoms with van der Waals surface area (Å²) in [6, 6.07) is 8.30. The van der Waals surface area contributed by atoms with Crippen LogP contribution in [0.5, 0.6) is 0 Å². The van der Waals surface area contributed by atoms with E-state index in [1.54, 1.807) is 18.2 Å². The molecule has 3 N–H and O–H groups in total. The molecule has 0 atom stereocenters. The zero-order valence-corrected chi connectivity index (χ0v) is 25.5. The number of anilines is 1. The molecule has 0 radical (unpaired) electrons. The molecule has 0 unspecified atom stereocenters. The highest BCUT2D eigenvalue weighted by Crippen LogP contribution is 2.22. The van der Waals surface area contributed by atoms with Crippen LogP contribution in [0.4, 0.5) is 16.2 Å². The minimum absolute atomic E-state index is 0.0791. The summed E-state index contributed by atoms with van der Waals surface area (Å²) in [4.78, 5) is 76.3. The second-order valence-corrected chi connectivity index (χ2v) is 10.5. The summed E-state index contributed by atoms with van der Waals surface area (Å²) in [5.74, 6) is -2.40. The van der Waals surface area contributed by atoms with E-state index in [0.717, 1.165) is 51.7 Å². The lowest BCUT2D eigenvalue weighted by molar-refractivity contribution is -0.131. The number of ketones is 2. The fourth-order valence-electron chi connectivity index (χ4n) is 4.63. The van der Waals surface area contributed by atoms with Gasteiger partial charge in [-0.25, -0.2) is 4.79 Å². The molecule has 3 rings (SSSR count). The molecule has 1 heterocycles. The SMILES string of the molecule is CCCCCC(=O)c1cc(NC(=O)c2ccc(N=NC3C(=O)NC(=O)NC3=O)cc2)cc(C(=O)CCCCN(CC)CC)c1. The van der Waals surface area contributed by atoms with E-state index in [4.69, 9.17) is 0 Å². The predicted octanol–water partition coefficient (Wildman–Crippen LogP) is 5.22. The van der Waals surface area contributed by atoms with Crippen molar-refractivity contribution < 1.29 is 28.8 Å². The van der Waals surface area contributed by atoms with Crippen molar-refractivity contribution in [1.82, 2.24) is 15.5 Å². The molecule has 0 aliphatic carbocycles. The molecule has 1 aliphatic rings. The number of unbranched alkanes of at least 4 members (excludes halogenated alkanes) is 3. The molecule has 0 aromatic heterocycles. The number of rotatable bonds is 17. The van der Waals surface area contributed by atoms with Gasteiger partial charge in [0.05, 0.1) is 5.69 Å². The minimum Gasteiger partial charge on any atom is -0.322 e. The highest BCUT2D eigenvalue weighted by atomic mass is 16.2. The van der Waals surface area contributed by atoms with E-state index in [1.165, 1.54) is 24.3 Å². The Bertz CT molecular complexity index is 1380. The van der Waals surface area contributed by atoms with Gasteiger partial charge >= 0.3 is 6.03 Å². The van der Waals surface area contributed by atoms with Gasteiger partial charge in [-0.2, -0.15) is 10.2 Å². The summed E-state index contributed by atoms with van der Waals surface area (Å²) in [7, 11) is 0. The monoisotopic (exact) mass is 604 g/mol. The molecule has 44 heavy (non-hydrogen) atoms. The molecule has 0 bridgehead atoms. The first-order chi connectivity index (χ1) is 21.1. The van der Waals surface area contributed by atoms with Crippen LogP contribution in [0.2, 0.25) is 0 Å². The smallest absolute Gasteiger partial charge is 0.322 e. The Kier molecular flexibility index (Phi) is 13.0.